The molecule has 0 N–H and O–H groups in total. The first-order chi connectivity index (χ1) is 21.3. The molecule has 1 aliphatic heterocycles. The predicted molar refractivity (Wildman–Crippen MR) is 181 cm³/mol. The average molecular weight is 571 g/mol. The van der Waals surface area contributed by atoms with E-state index in [1.54, 1.807) is 0 Å². The molecule has 0 bridgehead atoms. The zero-order valence-corrected chi connectivity index (χ0v) is 24.3. The van der Waals surface area contributed by atoms with E-state index in [4.69, 9.17) is 9.97 Å². The van der Waals surface area contributed by atoms with Gasteiger partial charge in [-0.3, -0.25) is 9.97 Å². The Morgan fingerprint density at radius 1 is 0.651 bits per heavy atom. The molecule has 43 heavy (non-hydrogen) atoms. The van der Waals surface area contributed by atoms with Gasteiger partial charge in [0.1, 0.15) is 0 Å². The Morgan fingerprint density at radius 3 is 2.09 bits per heavy atom. The van der Waals surface area contributed by atoms with Crippen molar-refractivity contribution in [2.24, 2.45) is 0 Å². The smallest absolute Gasteiger partial charge is 0.0917 e. The van der Waals surface area contributed by atoms with Gasteiger partial charge in [0.05, 0.1) is 38.9 Å². The summed E-state index contributed by atoms with van der Waals surface area (Å²) < 4.78 is 5.11. The van der Waals surface area contributed by atoms with Gasteiger partial charge >= 0.3 is 0 Å². The average Bonchev–Trinajstić information content (AvgIpc) is 3.63. The van der Waals surface area contributed by atoms with Crippen molar-refractivity contribution in [3.05, 3.63) is 145 Å². The Balaban J connectivity index is 1.47. The van der Waals surface area contributed by atoms with Gasteiger partial charge < -0.3 is 9.47 Å². The molecule has 5 heteroatoms. The summed E-state index contributed by atoms with van der Waals surface area (Å²) in [5, 5.41) is 7.79. The largest absolute Gasteiger partial charge is 0.361 e. The zero-order valence-electron chi connectivity index (χ0n) is 23.5. The molecule has 1 atom stereocenters. The molecule has 1 unspecified atom stereocenters. The number of allylic oxidation sites excluding steroid dienone is 2. The second-order valence-electron chi connectivity index (χ2n) is 11.1. The molecule has 204 valence electrons. The lowest BCUT2D eigenvalue weighted by molar-refractivity contribution is 0.403. The molecule has 0 aliphatic carbocycles. The summed E-state index contributed by atoms with van der Waals surface area (Å²) in [6.45, 7) is 0. The van der Waals surface area contributed by atoms with E-state index in [2.05, 4.69) is 126 Å². The standard InChI is InChI=1S/C38H26N4S/c1-41-32(29-16-8-10-20-39-29)22-24(23-33(41)30-17-9-11-21-40-30)42-31-18-6-4-14-27(31)35-25-12-2-3-13-26(25)36-28-15-5-7-19-34(28)43-38(36)37(35)42/h2-23,32H,1H3. The number of pyridine rings is 2. The number of benzene rings is 4. The van der Waals surface area contributed by atoms with Crippen molar-refractivity contribution in [1.29, 1.82) is 0 Å². The van der Waals surface area contributed by atoms with E-state index in [0.29, 0.717) is 0 Å². The first-order valence-electron chi connectivity index (χ1n) is 14.5. The first-order valence-corrected chi connectivity index (χ1v) is 15.3. The lowest BCUT2D eigenvalue weighted by Crippen LogP contribution is -2.26. The van der Waals surface area contributed by atoms with Gasteiger partial charge in [-0.2, -0.15) is 0 Å². The summed E-state index contributed by atoms with van der Waals surface area (Å²) in [5.74, 6) is 0. The topological polar surface area (TPSA) is 34.0 Å². The fourth-order valence-corrected chi connectivity index (χ4v) is 8.11. The van der Waals surface area contributed by atoms with Crippen LogP contribution in [0.25, 0.3) is 64.1 Å². The second kappa shape index (κ2) is 9.38. The normalized spacial score (nSPS) is 15.6. The fourth-order valence-electron chi connectivity index (χ4n) is 6.85. The van der Waals surface area contributed by atoms with Gasteiger partial charge in [-0.15, -0.1) is 11.3 Å². The third-order valence-corrected chi connectivity index (χ3v) is 9.92. The van der Waals surface area contributed by atoms with Crippen molar-refractivity contribution < 1.29 is 0 Å². The highest BCUT2D eigenvalue weighted by molar-refractivity contribution is 7.27. The van der Waals surface area contributed by atoms with Crippen molar-refractivity contribution in [2.45, 2.75) is 6.04 Å². The Kier molecular flexibility index (Phi) is 5.31. The van der Waals surface area contributed by atoms with E-state index >= 15 is 0 Å². The van der Waals surface area contributed by atoms with E-state index < -0.39 is 0 Å². The van der Waals surface area contributed by atoms with Crippen molar-refractivity contribution in [3.63, 3.8) is 0 Å². The van der Waals surface area contributed by atoms with Gasteiger partial charge in [-0.1, -0.05) is 72.8 Å². The van der Waals surface area contributed by atoms with Crippen molar-refractivity contribution in [2.75, 3.05) is 7.05 Å². The summed E-state index contributed by atoms with van der Waals surface area (Å²) in [6, 6.07) is 38.8. The predicted octanol–water partition coefficient (Wildman–Crippen LogP) is 9.67. The molecule has 4 nitrogen and oxygen atoms in total. The summed E-state index contributed by atoms with van der Waals surface area (Å²) in [4.78, 5) is 11.9. The molecule has 1 aliphatic rings. The SMILES string of the molecule is CN1C(c2ccccn2)=CC(n2c3ccccc3c3c4ccccc4c4c5ccccc5sc4c32)=CC1c1ccccn1. The van der Waals surface area contributed by atoms with Crippen LogP contribution in [-0.2, 0) is 0 Å². The lowest BCUT2D eigenvalue weighted by Gasteiger charge is -2.34. The van der Waals surface area contributed by atoms with Crippen molar-refractivity contribution in [1.82, 2.24) is 19.4 Å². The molecular formula is C38H26N4S. The van der Waals surface area contributed by atoms with Crippen LogP contribution in [0.15, 0.2) is 134 Å². The highest BCUT2D eigenvalue weighted by Crippen LogP contribution is 2.48. The minimum atomic E-state index is -0.0622. The highest BCUT2D eigenvalue weighted by atomic mass is 32.1. The minimum absolute atomic E-state index is 0.0622. The Bertz CT molecular complexity index is 2420. The van der Waals surface area contributed by atoms with Gasteiger partial charge in [0, 0.05) is 51.4 Å². The quantitative estimate of drug-likeness (QED) is 0.212. The third-order valence-electron chi connectivity index (χ3n) is 8.74. The number of fused-ring (bicyclic) bond motifs is 10. The third kappa shape index (κ3) is 3.55. The van der Waals surface area contributed by atoms with Gasteiger partial charge in [0.15, 0.2) is 0 Å². The summed E-state index contributed by atoms with van der Waals surface area (Å²) in [6.07, 6.45) is 8.39. The molecule has 0 spiro atoms. The van der Waals surface area contributed by atoms with Crippen LogP contribution in [0.5, 0.6) is 0 Å². The van der Waals surface area contributed by atoms with Gasteiger partial charge in [0.25, 0.3) is 0 Å². The molecule has 5 heterocycles. The Labute approximate surface area is 252 Å². The monoisotopic (exact) mass is 570 g/mol. The highest BCUT2D eigenvalue weighted by Gasteiger charge is 2.28. The second-order valence-corrected chi connectivity index (χ2v) is 12.1. The van der Waals surface area contributed by atoms with Crippen LogP contribution in [0.4, 0.5) is 0 Å². The molecule has 9 rings (SSSR count). The van der Waals surface area contributed by atoms with Crippen LogP contribution < -0.4 is 0 Å². The molecular weight excluding hydrogens is 545 g/mol. The molecule has 0 saturated carbocycles. The van der Waals surface area contributed by atoms with Crippen LogP contribution in [0, 0.1) is 0 Å². The molecule has 4 aromatic heterocycles. The van der Waals surface area contributed by atoms with E-state index in [-0.39, 0.29) is 6.04 Å². The van der Waals surface area contributed by atoms with Crippen LogP contribution >= 0.6 is 11.3 Å². The molecule has 4 aromatic carbocycles. The maximum atomic E-state index is 4.80. The van der Waals surface area contributed by atoms with Crippen LogP contribution in [-0.4, -0.2) is 26.5 Å². The minimum Gasteiger partial charge on any atom is -0.361 e. The number of aromatic nitrogens is 3. The van der Waals surface area contributed by atoms with Crippen LogP contribution in [0.2, 0.25) is 0 Å². The lowest BCUT2D eigenvalue weighted by atomic mass is 9.99. The Hall–Kier alpha value is -5.26. The number of nitrogens with zero attached hydrogens (tertiary/aromatic N) is 4. The van der Waals surface area contributed by atoms with Crippen LogP contribution in [0.3, 0.4) is 0 Å². The molecule has 0 amide bonds. The van der Waals surface area contributed by atoms with E-state index in [9.17, 15) is 0 Å². The number of hydrogen-bond donors (Lipinski definition) is 0. The summed E-state index contributed by atoms with van der Waals surface area (Å²) in [5.41, 5.74) is 6.57. The summed E-state index contributed by atoms with van der Waals surface area (Å²) in [7, 11) is 2.14. The molecule has 0 radical (unpaired) electrons. The van der Waals surface area contributed by atoms with E-state index in [1.165, 1.54) is 52.8 Å². The fraction of sp³-hybridized carbons (Fsp3) is 0.0526. The van der Waals surface area contributed by atoms with Crippen LogP contribution in [0.1, 0.15) is 17.4 Å². The van der Waals surface area contributed by atoms with E-state index in [1.807, 2.05) is 35.9 Å². The zero-order chi connectivity index (χ0) is 28.5. The number of para-hydroxylation sites is 1. The van der Waals surface area contributed by atoms with Crippen molar-refractivity contribution >= 4 is 75.5 Å². The number of likely N-dealkylation sites (N-methyl/N-ethyl adjacent to an activating group) is 1. The van der Waals surface area contributed by atoms with Gasteiger partial charge in [-0.25, -0.2) is 0 Å². The maximum absolute atomic E-state index is 4.80. The first kappa shape index (κ1) is 24.3. The van der Waals surface area contributed by atoms with Gasteiger partial charge in [0.2, 0.25) is 0 Å². The maximum Gasteiger partial charge on any atom is 0.0917 e. The molecule has 0 saturated heterocycles. The van der Waals surface area contributed by atoms with E-state index in [0.717, 1.165) is 22.8 Å². The number of hydrogen-bond acceptors (Lipinski definition) is 4. The van der Waals surface area contributed by atoms with Gasteiger partial charge in [-0.05, 0) is 59.3 Å². The Morgan fingerprint density at radius 2 is 1.33 bits per heavy atom. The summed E-state index contributed by atoms with van der Waals surface area (Å²) >= 11 is 1.89. The number of thiophene rings is 1. The molecule has 0 fully saturated rings. The molecule has 8 aromatic rings. The van der Waals surface area contributed by atoms with Crippen molar-refractivity contribution in [3.8, 4) is 0 Å². The number of rotatable bonds is 3.